The number of fused-ring (bicyclic) bond motifs is 1. The Bertz CT molecular complexity index is 669. The quantitative estimate of drug-likeness (QED) is 0.685. The lowest BCUT2D eigenvalue weighted by atomic mass is 10.1. The van der Waals surface area contributed by atoms with Gasteiger partial charge in [-0.05, 0) is 18.2 Å². The van der Waals surface area contributed by atoms with Gasteiger partial charge < -0.3 is 5.73 Å². The van der Waals surface area contributed by atoms with E-state index in [4.69, 9.17) is 5.73 Å². The molecule has 1 aromatic carbocycles. The Morgan fingerprint density at radius 3 is 2.78 bits per heavy atom. The van der Waals surface area contributed by atoms with Crippen molar-refractivity contribution < 1.29 is 8.42 Å². The van der Waals surface area contributed by atoms with Gasteiger partial charge in [0.15, 0.2) is 0 Å². The number of thioether (sulfide) groups is 1. The Balaban J connectivity index is 2.26. The molecular formula is C12H14N2O2S2. The normalized spacial score (nSPS) is 11.8. The van der Waals surface area contributed by atoms with Gasteiger partial charge in [-0.15, -0.1) is 11.8 Å². The summed E-state index contributed by atoms with van der Waals surface area (Å²) in [6, 6.07) is 5.64. The largest absolute Gasteiger partial charge is 0.398 e. The highest BCUT2D eigenvalue weighted by Crippen LogP contribution is 2.30. The average Bonchev–Trinajstić information content (AvgIpc) is 2.31. The third-order valence-electron chi connectivity index (χ3n) is 2.52. The predicted molar refractivity (Wildman–Crippen MR) is 76.6 cm³/mol. The van der Waals surface area contributed by atoms with Gasteiger partial charge in [-0.1, -0.05) is 0 Å². The predicted octanol–water partition coefficient (Wildman–Crippen LogP) is 1.95. The molecule has 0 aliphatic heterocycles. The molecule has 0 aliphatic carbocycles. The molecule has 2 rings (SSSR count). The van der Waals surface area contributed by atoms with Crippen LogP contribution in [0.4, 0.5) is 5.69 Å². The first-order chi connectivity index (χ1) is 8.47. The lowest BCUT2D eigenvalue weighted by Crippen LogP contribution is -2.04. The molecular weight excluding hydrogens is 268 g/mol. The summed E-state index contributed by atoms with van der Waals surface area (Å²) >= 11 is 1.52. The van der Waals surface area contributed by atoms with Crippen molar-refractivity contribution in [2.24, 2.45) is 0 Å². The fourth-order valence-electron chi connectivity index (χ4n) is 1.61. The summed E-state index contributed by atoms with van der Waals surface area (Å²) in [6.45, 7) is 0. The fourth-order valence-corrected chi connectivity index (χ4v) is 3.88. The summed E-state index contributed by atoms with van der Waals surface area (Å²) in [5.74, 6) is 0.717. The molecule has 0 saturated heterocycles. The zero-order valence-electron chi connectivity index (χ0n) is 9.96. The van der Waals surface area contributed by atoms with Crippen molar-refractivity contribution >= 4 is 38.1 Å². The molecule has 1 aromatic heterocycles. The first kappa shape index (κ1) is 13.2. The summed E-state index contributed by atoms with van der Waals surface area (Å²) in [4.78, 5) is 5.08. The Morgan fingerprint density at radius 2 is 2.06 bits per heavy atom. The summed E-state index contributed by atoms with van der Waals surface area (Å²) in [5.41, 5.74) is 6.56. The van der Waals surface area contributed by atoms with E-state index in [9.17, 15) is 8.42 Å². The van der Waals surface area contributed by atoms with Crippen LogP contribution < -0.4 is 5.73 Å². The van der Waals surface area contributed by atoms with Crippen molar-refractivity contribution in [3.05, 3.63) is 30.6 Å². The van der Waals surface area contributed by atoms with E-state index < -0.39 is 9.84 Å². The molecule has 0 amide bonds. The maximum absolute atomic E-state index is 11.1. The van der Waals surface area contributed by atoms with E-state index in [1.165, 1.54) is 18.0 Å². The second kappa shape index (κ2) is 5.16. The van der Waals surface area contributed by atoms with Gasteiger partial charge in [-0.25, -0.2) is 8.42 Å². The van der Waals surface area contributed by atoms with Gasteiger partial charge in [0.05, 0.1) is 5.75 Å². The SMILES string of the molecule is CS(=O)(=O)CCSc1ccc(N)c2cnccc12. The number of rotatable bonds is 4. The van der Waals surface area contributed by atoms with E-state index >= 15 is 0 Å². The Labute approximate surface area is 111 Å². The van der Waals surface area contributed by atoms with Crippen molar-refractivity contribution in [2.45, 2.75) is 4.90 Å². The van der Waals surface area contributed by atoms with Crippen LogP contribution in [0.15, 0.2) is 35.5 Å². The highest BCUT2D eigenvalue weighted by Gasteiger charge is 2.07. The van der Waals surface area contributed by atoms with Crippen molar-refractivity contribution in [3.63, 3.8) is 0 Å². The minimum atomic E-state index is -2.91. The first-order valence-electron chi connectivity index (χ1n) is 5.40. The molecule has 4 nitrogen and oxygen atoms in total. The number of sulfone groups is 1. The third-order valence-corrected chi connectivity index (χ3v) is 4.80. The van der Waals surface area contributed by atoms with Crippen LogP contribution >= 0.6 is 11.8 Å². The van der Waals surface area contributed by atoms with Crippen LogP contribution in [-0.2, 0) is 9.84 Å². The lowest BCUT2D eigenvalue weighted by molar-refractivity contribution is 0.603. The van der Waals surface area contributed by atoms with Crippen molar-refractivity contribution in [3.8, 4) is 0 Å². The molecule has 6 heteroatoms. The van der Waals surface area contributed by atoms with E-state index in [1.807, 2.05) is 18.2 Å². The van der Waals surface area contributed by atoms with Gasteiger partial charge in [0, 0.05) is 45.8 Å². The molecule has 2 aromatic rings. The standard InChI is InChI=1S/C12H14N2O2S2/c1-18(15,16)7-6-17-12-3-2-11(13)10-8-14-5-4-9(10)12/h2-5,8H,6-7,13H2,1H3. The second-order valence-electron chi connectivity index (χ2n) is 4.05. The van der Waals surface area contributed by atoms with Crippen LogP contribution in [0.5, 0.6) is 0 Å². The molecule has 0 atom stereocenters. The number of benzene rings is 1. The number of anilines is 1. The summed E-state index contributed by atoms with van der Waals surface area (Å²) in [6.07, 6.45) is 4.69. The molecule has 0 bridgehead atoms. The van der Waals surface area contributed by atoms with Crippen LogP contribution in [-0.4, -0.2) is 31.2 Å². The zero-order chi connectivity index (χ0) is 13.2. The average molecular weight is 282 g/mol. The molecule has 0 fully saturated rings. The topological polar surface area (TPSA) is 73.0 Å². The molecule has 1 heterocycles. The molecule has 18 heavy (non-hydrogen) atoms. The van der Waals surface area contributed by atoms with E-state index in [0.717, 1.165) is 15.7 Å². The van der Waals surface area contributed by atoms with Crippen molar-refractivity contribution in [2.75, 3.05) is 23.5 Å². The Morgan fingerprint density at radius 1 is 1.28 bits per heavy atom. The monoisotopic (exact) mass is 282 g/mol. The minimum Gasteiger partial charge on any atom is -0.398 e. The third kappa shape index (κ3) is 3.14. The second-order valence-corrected chi connectivity index (χ2v) is 7.45. The van der Waals surface area contributed by atoms with E-state index in [2.05, 4.69) is 4.98 Å². The maximum Gasteiger partial charge on any atom is 0.148 e. The summed E-state index contributed by atoms with van der Waals surface area (Å²) < 4.78 is 22.2. The van der Waals surface area contributed by atoms with Gasteiger partial charge in [-0.2, -0.15) is 0 Å². The molecule has 0 radical (unpaired) electrons. The number of hydrogen-bond acceptors (Lipinski definition) is 5. The smallest absolute Gasteiger partial charge is 0.148 e. The highest BCUT2D eigenvalue weighted by molar-refractivity contribution is 8.00. The van der Waals surface area contributed by atoms with E-state index in [0.29, 0.717) is 11.4 Å². The van der Waals surface area contributed by atoms with Gasteiger partial charge in [0.2, 0.25) is 0 Å². The molecule has 0 unspecified atom stereocenters. The van der Waals surface area contributed by atoms with Crippen LogP contribution in [0.1, 0.15) is 0 Å². The Kier molecular flexibility index (Phi) is 3.77. The minimum absolute atomic E-state index is 0.175. The number of aromatic nitrogens is 1. The molecule has 0 spiro atoms. The number of hydrogen-bond donors (Lipinski definition) is 1. The highest BCUT2D eigenvalue weighted by atomic mass is 32.2. The number of nitrogens with zero attached hydrogens (tertiary/aromatic N) is 1. The molecule has 96 valence electrons. The number of pyridine rings is 1. The molecule has 0 aliphatic rings. The van der Waals surface area contributed by atoms with E-state index in [1.54, 1.807) is 12.4 Å². The summed E-state index contributed by atoms with van der Waals surface area (Å²) in [7, 11) is -2.91. The van der Waals surface area contributed by atoms with Crippen molar-refractivity contribution in [1.29, 1.82) is 0 Å². The maximum atomic E-state index is 11.1. The van der Waals surface area contributed by atoms with Gasteiger partial charge in [0.1, 0.15) is 9.84 Å². The number of nitrogens with two attached hydrogens (primary N) is 1. The fraction of sp³-hybridized carbons (Fsp3) is 0.250. The van der Waals surface area contributed by atoms with Gasteiger partial charge in [0.25, 0.3) is 0 Å². The van der Waals surface area contributed by atoms with Gasteiger partial charge in [-0.3, -0.25) is 4.98 Å². The van der Waals surface area contributed by atoms with Crippen LogP contribution in [0.25, 0.3) is 10.8 Å². The number of nitrogen functional groups attached to an aromatic ring is 1. The van der Waals surface area contributed by atoms with Gasteiger partial charge >= 0.3 is 0 Å². The molecule has 2 N–H and O–H groups in total. The van der Waals surface area contributed by atoms with Crippen LogP contribution in [0.2, 0.25) is 0 Å². The zero-order valence-corrected chi connectivity index (χ0v) is 11.6. The van der Waals surface area contributed by atoms with Crippen LogP contribution in [0.3, 0.4) is 0 Å². The van der Waals surface area contributed by atoms with E-state index in [-0.39, 0.29) is 5.75 Å². The van der Waals surface area contributed by atoms with Crippen molar-refractivity contribution in [1.82, 2.24) is 4.98 Å². The summed E-state index contributed by atoms with van der Waals surface area (Å²) in [5, 5.41) is 1.92. The van der Waals surface area contributed by atoms with Crippen LogP contribution in [0, 0.1) is 0 Å². The first-order valence-corrected chi connectivity index (χ1v) is 8.45. The Hall–Kier alpha value is -1.27. The molecule has 0 saturated carbocycles. The lowest BCUT2D eigenvalue weighted by Gasteiger charge is -2.07.